The van der Waals surface area contributed by atoms with Gasteiger partial charge in [-0.15, -0.1) is 0 Å². The van der Waals surface area contributed by atoms with Crippen molar-refractivity contribution in [1.82, 2.24) is 21.3 Å². The van der Waals surface area contributed by atoms with Crippen LogP contribution in [-0.4, -0.2) is 69.9 Å². The van der Waals surface area contributed by atoms with Crippen LogP contribution in [0.2, 0.25) is 0 Å². The second-order valence-corrected chi connectivity index (χ2v) is 16.0. The Labute approximate surface area is 273 Å². The smallest absolute Gasteiger partial charge is 0.255 e. The van der Waals surface area contributed by atoms with Crippen LogP contribution in [0.25, 0.3) is 0 Å². The molecule has 46 heavy (non-hydrogen) atoms. The van der Waals surface area contributed by atoms with E-state index in [0.717, 1.165) is 50.6 Å². The lowest BCUT2D eigenvalue weighted by Crippen LogP contribution is -2.53. The van der Waals surface area contributed by atoms with E-state index in [9.17, 15) is 15.0 Å². The lowest BCUT2D eigenvalue weighted by atomic mass is 9.78. The van der Waals surface area contributed by atoms with Gasteiger partial charge >= 0.3 is 0 Å². The monoisotopic (exact) mass is 628 g/mol. The van der Waals surface area contributed by atoms with Crippen LogP contribution in [0.4, 0.5) is 0 Å². The first-order valence-corrected chi connectivity index (χ1v) is 17.8. The molecule has 0 aromatic heterocycles. The number of nitrogens with one attached hydrogen (secondary N) is 4. The molecule has 248 valence electrons. The number of fused-ring (bicyclic) bond motifs is 2. The summed E-state index contributed by atoms with van der Waals surface area (Å²) in [6.07, 6.45) is 16.8. The first-order chi connectivity index (χ1) is 21.9. The maximum Gasteiger partial charge on any atom is 0.255 e. The average Bonchev–Trinajstić information content (AvgIpc) is 3.82. The molecule has 0 radical (unpaired) electrons. The Kier molecular flexibility index (Phi) is 7.21. The van der Waals surface area contributed by atoms with Gasteiger partial charge in [0, 0.05) is 42.2 Å². The highest BCUT2D eigenvalue weighted by Crippen LogP contribution is 2.55. The fourth-order valence-corrected chi connectivity index (χ4v) is 9.58. The van der Waals surface area contributed by atoms with Crippen molar-refractivity contribution in [1.29, 1.82) is 0 Å². The highest BCUT2D eigenvalue weighted by atomic mass is 16.6. The lowest BCUT2D eigenvalue weighted by Gasteiger charge is -2.36. The molecule has 0 aromatic carbocycles. The molecule has 9 unspecified atom stereocenters. The maximum atomic E-state index is 13.1. The van der Waals surface area contributed by atoms with Gasteiger partial charge in [0.15, 0.2) is 5.60 Å². The van der Waals surface area contributed by atoms with Crippen LogP contribution in [0.1, 0.15) is 92.4 Å². The van der Waals surface area contributed by atoms with Crippen molar-refractivity contribution >= 4 is 5.91 Å². The third-order valence-corrected chi connectivity index (χ3v) is 12.5. The first kappa shape index (κ1) is 30.8. The van der Waals surface area contributed by atoms with Crippen LogP contribution in [0, 0.1) is 11.8 Å². The molecule has 5 aliphatic carbocycles. The summed E-state index contributed by atoms with van der Waals surface area (Å²) in [5.41, 5.74) is 8.68. The lowest BCUT2D eigenvalue weighted by molar-refractivity contribution is -0.165. The summed E-state index contributed by atoms with van der Waals surface area (Å²) >= 11 is 0. The number of hydrogen-bond acceptors (Lipinski definition) is 7. The fraction of sp³-hybridized carbons (Fsp3) is 0.658. The van der Waals surface area contributed by atoms with E-state index in [0.29, 0.717) is 12.5 Å². The minimum Gasteiger partial charge on any atom is -0.387 e. The van der Waals surface area contributed by atoms with Gasteiger partial charge in [0.2, 0.25) is 0 Å². The van der Waals surface area contributed by atoms with Crippen molar-refractivity contribution < 1.29 is 19.7 Å². The zero-order chi connectivity index (χ0) is 32.2. The molecule has 8 rings (SSSR count). The molecule has 0 spiro atoms. The minimum atomic E-state index is -1.49. The molecular weight excluding hydrogens is 576 g/mol. The van der Waals surface area contributed by atoms with Gasteiger partial charge in [-0.3, -0.25) is 15.4 Å². The predicted octanol–water partition coefficient (Wildman–Crippen LogP) is 4.10. The van der Waals surface area contributed by atoms with Gasteiger partial charge in [0.25, 0.3) is 5.91 Å². The van der Waals surface area contributed by atoms with Crippen LogP contribution in [-0.2, 0) is 9.53 Å². The summed E-state index contributed by atoms with van der Waals surface area (Å²) in [6, 6.07) is 0.672. The van der Waals surface area contributed by atoms with Gasteiger partial charge in [-0.2, -0.15) is 0 Å². The minimum absolute atomic E-state index is 0.139. The molecule has 8 heteroatoms. The predicted molar refractivity (Wildman–Crippen MR) is 178 cm³/mol. The van der Waals surface area contributed by atoms with E-state index in [1.807, 2.05) is 6.92 Å². The Bertz CT molecular complexity index is 1550. The molecule has 1 amide bonds. The van der Waals surface area contributed by atoms with Gasteiger partial charge in [-0.05, 0) is 115 Å². The van der Waals surface area contributed by atoms with E-state index in [4.69, 9.17) is 4.74 Å². The molecule has 8 nitrogen and oxygen atoms in total. The topological polar surface area (TPSA) is 125 Å². The Morgan fingerprint density at radius 1 is 1.13 bits per heavy atom. The van der Waals surface area contributed by atoms with E-state index in [-0.39, 0.29) is 35.6 Å². The third kappa shape index (κ3) is 4.77. The average molecular weight is 629 g/mol. The van der Waals surface area contributed by atoms with Gasteiger partial charge < -0.3 is 25.6 Å². The Balaban J connectivity index is 0.980. The second-order valence-electron chi connectivity index (χ2n) is 16.0. The molecule has 8 aliphatic rings. The summed E-state index contributed by atoms with van der Waals surface area (Å²) in [4.78, 5) is 13.1. The highest BCUT2D eigenvalue weighted by molar-refractivity contribution is 5.86. The molecule has 1 saturated carbocycles. The third-order valence-electron chi connectivity index (χ3n) is 12.5. The number of carbonyl (C=O) groups excluding carboxylic acids is 1. The maximum absolute atomic E-state index is 13.1. The van der Waals surface area contributed by atoms with Crippen LogP contribution in [0.5, 0.6) is 0 Å². The van der Waals surface area contributed by atoms with Gasteiger partial charge in [-0.1, -0.05) is 41.0 Å². The van der Waals surface area contributed by atoms with Crippen molar-refractivity contribution in [3.05, 3.63) is 69.0 Å². The van der Waals surface area contributed by atoms with Gasteiger partial charge in [0.1, 0.15) is 23.5 Å². The van der Waals surface area contributed by atoms with Gasteiger partial charge in [-0.25, -0.2) is 0 Å². The zero-order valence-electron chi connectivity index (χ0n) is 28.1. The van der Waals surface area contributed by atoms with Gasteiger partial charge in [0.05, 0.1) is 0 Å². The summed E-state index contributed by atoms with van der Waals surface area (Å²) in [7, 11) is 0. The number of aliphatic hydroxyl groups excluding tert-OH is 2. The number of hydrogen-bond donors (Lipinski definition) is 6. The molecule has 0 aromatic rings. The van der Waals surface area contributed by atoms with Crippen LogP contribution >= 0.6 is 0 Å². The number of ether oxygens (including phenoxy) is 1. The summed E-state index contributed by atoms with van der Waals surface area (Å²) in [5, 5.41) is 36.9. The molecule has 9 atom stereocenters. The van der Waals surface area contributed by atoms with E-state index in [2.05, 4.69) is 66.3 Å². The van der Waals surface area contributed by atoms with Crippen molar-refractivity contribution in [2.24, 2.45) is 11.8 Å². The fourth-order valence-electron chi connectivity index (χ4n) is 9.58. The largest absolute Gasteiger partial charge is 0.387 e. The molecule has 2 saturated heterocycles. The highest BCUT2D eigenvalue weighted by Gasteiger charge is 2.69. The van der Waals surface area contributed by atoms with E-state index >= 15 is 0 Å². The van der Waals surface area contributed by atoms with Crippen molar-refractivity contribution in [2.75, 3.05) is 6.54 Å². The van der Waals surface area contributed by atoms with Crippen LogP contribution in [0.15, 0.2) is 69.0 Å². The Hall–Kier alpha value is -2.49. The van der Waals surface area contributed by atoms with E-state index < -0.39 is 23.4 Å². The first-order valence-electron chi connectivity index (χ1n) is 17.8. The van der Waals surface area contributed by atoms with Crippen molar-refractivity contribution in [2.45, 2.75) is 140 Å². The molecule has 0 bridgehead atoms. The normalized spacial score (nSPS) is 41.7. The number of rotatable bonds is 9. The Morgan fingerprint density at radius 2 is 1.93 bits per heavy atom. The summed E-state index contributed by atoms with van der Waals surface area (Å²) < 4.78 is 6.47. The van der Waals surface area contributed by atoms with E-state index in [1.54, 1.807) is 18.1 Å². The summed E-state index contributed by atoms with van der Waals surface area (Å²) in [6.45, 7) is 11.0. The number of carbonyl (C=O) groups is 1. The van der Waals surface area contributed by atoms with Crippen molar-refractivity contribution in [3.63, 3.8) is 0 Å². The Morgan fingerprint density at radius 3 is 2.72 bits per heavy atom. The SMILES string of the molecule is CC1=CC(CC2C=C(CC(C)NC34NC3CC3=C4NCC3C3(C)OC(C)(C(=O)NC4CC4)C(O)C3O)C3=C2CCC=C3)=C(C)CC1. The molecule has 3 heterocycles. The molecule has 6 N–H and O–H groups in total. The second kappa shape index (κ2) is 10.8. The standard InChI is InChI=1S/C38H52N4O4/c1-20-10-11-21(2)23(14-20)16-25-17-24(27-8-6-7-9-28(25)27)15-22(3)41-38-31(42-38)18-29-30(19-39-32(29)38)36(4)33(43)34(44)37(5,46-36)35(45)40-26-12-13-26/h6,8,14,17,22,25-26,30-31,33-34,39,41-44H,7,9-13,15-16,18-19H2,1-5H3,(H,40,45). The number of aliphatic hydroxyl groups is 2. The molecule has 3 fully saturated rings. The number of allylic oxidation sites excluding steroid dienone is 9. The number of amides is 1. The van der Waals surface area contributed by atoms with Crippen molar-refractivity contribution in [3.8, 4) is 0 Å². The quantitative estimate of drug-likeness (QED) is 0.213. The summed E-state index contributed by atoms with van der Waals surface area (Å²) in [5.74, 6) is 0.0168. The molecule has 3 aliphatic heterocycles. The van der Waals surface area contributed by atoms with Crippen LogP contribution in [0.3, 0.4) is 0 Å². The zero-order valence-corrected chi connectivity index (χ0v) is 28.1. The van der Waals surface area contributed by atoms with E-state index in [1.165, 1.54) is 40.7 Å². The van der Waals surface area contributed by atoms with Crippen LogP contribution < -0.4 is 21.3 Å². The molecular formula is C38H52N4O4.